The number of aromatic nitrogens is 2. The largest absolute Gasteiger partial charge is 0.443 e. The van der Waals surface area contributed by atoms with Gasteiger partial charge in [-0.3, -0.25) is 28.8 Å². The van der Waals surface area contributed by atoms with Crippen molar-refractivity contribution in [2.45, 2.75) is 84.1 Å². The van der Waals surface area contributed by atoms with Gasteiger partial charge in [0.2, 0.25) is 18.1 Å². The molecule has 264 valence electrons. The summed E-state index contributed by atoms with van der Waals surface area (Å²) >= 11 is 3.05. The summed E-state index contributed by atoms with van der Waals surface area (Å²) in [7, 11) is 1.32. The highest BCUT2D eigenvalue weighted by molar-refractivity contribution is 9.10. The number of nitrogens with one attached hydrogen (secondary N) is 4. The van der Waals surface area contributed by atoms with E-state index in [4.69, 9.17) is 0 Å². The van der Waals surface area contributed by atoms with E-state index in [1.807, 2.05) is 0 Å². The van der Waals surface area contributed by atoms with Crippen LogP contribution in [0.4, 0.5) is 18.9 Å². The average Bonchev–Trinajstić information content (AvgIpc) is 3.42. The van der Waals surface area contributed by atoms with Gasteiger partial charge >= 0.3 is 6.18 Å². The van der Waals surface area contributed by atoms with Crippen LogP contribution in [-0.4, -0.2) is 58.6 Å². The fraction of sp³-hybridized carbons (Fsp3) is 0.581. The van der Waals surface area contributed by atoms with Crippen LogP contribution in [0.2, 0.25) is 0 Å². The molecule has 2 aromatic heterocycles. The van der Waals surface area contributed by atoms with Gasteiger partial charge in [0.05, 0.1) is 0 Å². The fourth-order valence-electron chi connectivity index (χ4n) is 6.43. The average molecular weight is 762 g/mol. The van der Waals surface area contributed by atoms with E-state index < -0.39 is 34.8 Å². The number of hydrogen-bond donors (Lipinski definition) is 4. The van der Waals surface area contributed by atoms with E-state index in [2.05, 4.69) is 56.0 Å². The SMILES string of the molecule is CC1CC2CC(C)C(NC(=O)Cn3cccc(NC=O)c3=O)C(C1)C2.CNC(=O)C(=O)CCC(C)NC(=O)c1sc(C(F)(F)F)nc1Br. The van der Waals surface area contributed by atoms with Gasteiger partial charge in [0.15, 0.2) is 5.01 Å². The van der Waals surface area contributed by atoms with E-state index in [1.165, 1.54) is 43.4 Å². The number of halogens is 4. The van der Waals surface area contributed by atoms with Crippen molar-refractivity contribution in [1.82, 2.24) is 25.5 Å². The number of alkyl halides is 3. The van der Waals surface area contributed by atoms with Gasteiger partial charge in [0.1, 0.15) is 21.7 Å². The molecule has 2 aromatic rings. The van der Waals surface area contributed by atoms with Gasteiger partial charge in [-0.05, 0) is 90.8 Å². The molecule has 0 saturated heterocycles. The van der Waals surface area contributed by atoms with Crippen LogP contribution in [0.1, 0.15) is 74.0 Å². The van der Waals surface area contributed by atoms with Crippen LogP contribution >= 0.6 is 27.3 Å². The van der Waals surface area contributed by atoms with Gasteiger partial charge in [-0.25, -0.2) is 4.98 Å². The van der Waals surface area contributed by atoms with Crippen molar-refractivity contribution in [3.8, 4) is 0 Å². The third-order valence-electron chi connectivity index (χ3n) is 8.48. The van der Waals surface area contributed by atoms with Crippen LogP contribution in [0.3, 0.4) is 0 Å². The first-order chi connectivity index (χ1) is 22.5. The number of Topliss-reactive ketones (excluding diaryl/α,β-unsaturated/α-hetero) is 1. The minimum atomic E-state index is -4.63. The summed E-state index contributed by atoms with van der Waals surface area (Å²) < 4.78 is 38.8. The first-order valence-electron chi connectivity index (χ1n) is 15.5. The predicted octanol–water partition coefficient (Wildman–Crippen LogP) is 4.13. The van der Waals surface area contributed by atoms with Gasteiger partial charge in [0, 0.05) is 31.7 Å². The molecule has 4 amide bonds. The van der Waals surface area contributed by atoms with Crippen LogP contribution in [0, 0.1) is 23.7 Å². The Morgan fingerprint density at radius 1 is 1.17 bits per heavy atom. The molecule has 4 rings (SSSR count). The zero-order valence-electron chi connectivity index (χ0n) is 27.0. The molecule has 17 heteroatoms. The number of hydrogen-bond acceptors (Lipinski definition) is 8. The Kier molecular flexibility index (Phi) is 13.9. The highest BCUT2D eigenvalue weighted by Crippen LogP contribution is 2.44. The number of amides is 4. The molecule has 4 N–H and O–H groups in total. The summed E-state index contributed by atoms with van der Waals surface area (Å²) in [5, 5.41) is 9.07. The van der Waals surface area contributed by atoms with E-state index in [-0.39, 0.29) is 63.4 Å². The van der Waals surface area contributed by atoms with E-state index in [0.717, 1.165) is 11.8 Å². The second kappa shape index (κ2) is 17.2. The maximum atomic E-state index is 12.5. The third kappa shape index (κ3) is 10.7. The summed E-state index contributed by atoms with van der Waals surface area (Å²) in [6.45, 7) is 6.08. The predicted molar refractivity (Wildman–Crippen MR) is 176 cm³/mol. The van der Waals surface area contributed by atoms with Crippen LogP contribution in [0.15, 0.2) is 27.7 Å². The lowest BCUT2D eigenvalue weighted by Crippen LogP contribution is -2.51. The lowest BCUT2D eigenvalue weighted by molar-refractivity contribution is -0.137. The number of fused-ring (bicyclic) bond motifs is 2. The van der Waals surface area contributed by atoms with Crippen molar-refractivity contribution in [3.63, 3.8) is 0 Å². The molecular weight excluding hydrogens is 721 g/mol. The molecule has 2 aliphatic rings. The van der Waals surface area contributed by atoms with Crippen LogP contribution < -0.4 is 26.8 Å². The normalized spacial score (nSPS) is 22.3. The minimum Gasteiger partial charge on any atom is -0.353 e. The van der Waals surface area contributed by atoms with E-state index in [9.17, 15) is 41.9 Å². The molecule has 2 bridgehead atoms. The molecule has 2 heterocycles. The fourth-order valence-corrected chi connectivity index (χ4v) is 7.88. The summed E-state index contributed by atoms with van der Waals surface area (Å²) in [5.41, 5.74) is -0.187. The number of thiazole rings is 1. The molecule has 0 spiro atoms. The second-order valence-corrected chi connectivity index (χ2v) is 14.2. The Labute approximate surface area is 288 Å². The zero-order valence-corrected chi connectivity index (χ0v) is 29.4. The topological polar surface area (TPSA) is 168 Å². The molecule has 48 heavy (non-hydrogen) atoms. The van der Waals surface area contributed by atoms with Crippen molar-refractivity contribution in [2.75, 3.05) is 12.4 Å². The molecule has 6 unspecified atom stereocenters. The summed E-state index contributed by atoms with van der Waals surface area (Å²) in [6.07, 6.45) is 2.36. The molecule has 2 saturated carbocycles. The summed E-state index contributed by atoms with van der Waals surface area (Å²) in [6, 6.07) is 2.87. The smallest absolute Gasteiger partial charge is 0.353 e. The highest BCUT2D eigenvalue weighted by atomic mass is 79.9. The number of rotatable bonds is 11. The Balaban J connectivity index is 0.000000262. The molecule has 2 fully saturated rings. The lowest BCUT2D eigenvalue weighted by Gasteiger charge is -2.46. The maximum Gasteiger partial charge on any atom is 0.443 e. The Bertz CT molecular complexity index is 1550. The summed E-state index contributed by atoms with van der Waals surface area (Å²) in [5.74, 6) is 0.301. The molecular formula is C31H40BrF3N6O6S. The number of carbonyl (C=O) groups is 5. The quantitative estimate of drug-likeness (QED) is 0.197. The van der Waals surface area contributed by atoms with Crippen molar-refractivity contribution in [1.29, 1.82) is 0 Å². The van der Waals surface area contributed by atoms with Gasteiger partial charge in [-0.2, -0.15) is 13.2 Å². The molecule has 0 aromatic carbocycles. The second-order valence-electron chi connectivity index (χ2n) is 12.4. The molecule has 0 radical (unpaired) electrons. The van der Waals surface area contributed by atoms with Crippen LogP contribution in [0.5, 0.6) is 0 Å². The number of anilines is 1. The van der Waals surface area contributed by atoms with Gasteiger partial charge in [-0.15, -0.1) is 11.3 Å². The van der Waals surface area contributed by atoms with E-state index in [1.54, 1.807) is 19.2 Å². The first-order valence-corrected chi connectivity index (χ1v) is 17.1. The van der Waals surface area contributed by atoms with Crippen molar-refractivity contribution in [3.05, 3.63) is 43.2 Å². The zero-order chi connectivity index (χ0) is 35.8. The van der Waals surface area contributed by atoms with Crippen LogP contribution in [-0.2, 0) is 31.9 Å². The standard InChI is InChI=1S/C19H27N3O3.C12H13BrF3N3O3S/c1-12-6-14-8-13(2)18(15(7-12)9-14)21-17(24)10-22-5-3-4-16(19(22)25)20-11-23;1-5(3-4-6(20)9(21)17-2)18-10(22)7-8(13)19-11(23-7)12(14,15)16/h3-5,11-15,18H,6-10H2,1-2H3,(H,20,23)(H,21,24);5H,3-4H2,1-2H3,(H,17,21)(H,18,22). The first kappa shape index (κ1) is 38.8. The molecule has 6 atom stereocenters. The lowest BCUT2D eigenvalue weighted by atomic mass is 9.63. The van der Waals surface area contributed by atoms with Gasteiger partial charge in [-0.1, -0.05) is 13.8 Å². The summed E-state index contributed by atoms with van der Waals surface area (Å²) in [4.78, 5) is 72.7. The number of nitrogens with zero attached hydrogens (tertiary/aromatic N) is 2. The molecule has 12 nitrogen and oxygen atoms in total. The molecule has 0 aliphatic heterocycles. The van der Waals surface area contributed by atoms with Crippen molar-refractivity contribution < 1.29 is 37.1 Å². The van der Waals surface area contributed by atoms with Crippen molar-refractivity contribution >= 4 is 62.9 Å². The third-order valence-corrected chi connectivity index (χ3v) is 10.4. The van der Waals surface area contributed by atoms with Gasteiger partial charge < -0.3 is 25.8 Å². The number of ketones is 1. The molecule has 2 aliphatic carbocycles. The Morgan fingerprint density at radius 2 is 1.88 bits per heavy atom. The Hall–Kier alpha value is -3.60. The number of pyridine rings is 1. The van der Waals surface area contributed by atoms with Crippen molar-refractivity contribution in [2.24, 2.45) is 23.7 Å². The van der Waals surface area contributed by atoms with Crippen LogP contribution in [0.25, 0.3) is 0 Å². The van der Waals surface area contributed by atoms with E-state index >= 15 is 0 Å². The highest BCUT2D eigenvalue weighted by Gasteiger charge is 2.40. The van der Waals surface area contributed by atoms with Gasteiger partial charge in [0.25, 0.3) is 17.4 Å². The minimum absolute atomic E-state index is 0.0257. The Morgan fingerprint density at radius 3 is 2.50 bits per heavy atom. The monoisotopic (exact) mass is 760 g/mol. The number of carbonyl (C=O) groups excluding carboxylic acids is 5. The number of likely N-dealkylation sites (N-methyl/N-ethyl adjacent to an activating group) is 1. The maximum absolute atomic E-state index is 12.5. The van der Waals surface area contributed by atoms with E-state index in [0.29, 0.717) is 18.2 Å².